The summed E-state index contributed by atoms with van der Waals surface area (Å²) >= 11 is 0. The Morgan fingerprint density at radius 1 is 1.56 bits per heavy atom. The van der Waals surface area contributed by atoms with Gasteiger partial charge in [0.2, 0.25) is 0 Å². The van der Waals surface area contributed by atoms with E-state index in [1.807, 2.05) is 0 Å². The first-order chi connectivity index (χ1) is 4.27. The molecule has 56 valence electrons. The summed E-state index contributed by atoms with van der Waals surface area (Å²) in [5.41, 5.74) is 0. The Morgan fingerprint density at radius 2 is 2.22 bits per heavy atom. The lowest BCUT2D eigenvalue weighted by Gasteiger charge is -1.94. The molecule has 0 aromatic carbocycles. The van der Waals surface area contributed by atoms with Crippen molar-refractivity contribution in [2.45, 2.75) is 12.8 Å². The maximum atomic E-state index is 10.2. The van der Waals surface area contributed by atoms with Gasteiger partial charge in [-0.15, -0.1) is 0 Å². The molecule has 0 radical (unpaired) electrons. The van der Waals surface area contributed by atoms with Crippen LogP contribution in [-0.4, -0.2) is 23.7 Å². The summed E-state index contributed by atoms with van der Waals surface area (Å²) in [7, 11) is 5.69. The van der Waals surface area contributed by atoms with Gasteiger partial charge in [0.15, 0.2) is 0 Å². The number of hydrogen-bond donors (Lipinski definition) is 0. The third-order valence-electron chi connectivity index (χ3n) is 0.903. The number of halogens is 1. The van der Waals surface area contributed by atoms with Crippen LogP contribution in [0.2, 0.25) is 0 Å². The second kappa shape index (κ2) is 6.52. The molecule has 0 aromatic heterocycles. The van der Waals surface area contributed by atoms with Gasteiger partial charge in [-0.25, -0.2) is 4.21 Å². The second-order valence-electron chi connectivity index (χ2n) is 1.69. The zero-order valence-corrected chi connectivity index (χ0v) is 7.00. The molecule has 0 spiro atoms. The molecule has 2 nitrogen and oxygen atoms in total. The smallest absolute Gasteiger partial charge is 0.114 e. The first-order valence-corrected chi connectivity index (χ1v) is 4.95. The SMILES string of the molecule is COCCCCS(=O)Cl. The fourth-order valence-corrected chi connectivity index (χ4v) is 1.22. The first-order valence-electron chi connectivity index (χ1n) is 2.81. The molecule has 0 fully saturated rings. The molecular weight excluding hydrogens is 160 g/mol. The van der Waals surface area contributed by atoms with E-state index in [0.29, 0.717) is 5.75 Å². The summed E-state index contributed by atoms with van der Waals surface area (Å²) < 4.78 is 15.0. The van der Waals surface area contributed by atoms with E-state index in [1.165, 1.54) is 0 Å². The first kappa shape index (κ1) is 9.40. The molecule has 1 unspecified atom stereocenters. The van der Waals surface area contributed by atoms with Gasteiger partial charge >= 0.3 is 0 Å². The second-order valence-corrected chi connectivity index (χ2v) is 3.71. The van der Waals surface area contributed by atoms with Crippen LogP contribution in [0.15, 0.2) is 0 Å². The summed E-state index contributed by atoms with van der Waals surface area (Å²) in [6.07, 6.45) is 1.82. The zero-order chi connectivity index (χ0) is 7.11. The van der Waals surface area contributed by atoms with E-state index in [0.717, 1.165) is 19.4 Å². The van der Waals surface area contributed by atoms with Crippen molar-refractivity contribution in [1.29, 1.82) is 0 Å². The van der Waals surface area contributed by atoms with Crippen molar-refractivity contribution in [3.8, 4) is 0 Å². The molecule has 0 heterocycles. The van der Waals surface area contributed by atoms with Crippen LogP contribution in [0, 0.1) is 0 Å². The minimum Gasteiger partial charge on any atom is -0.385 e. The van der Waals surface area contributed by atoms with Crippen LogP contribution in [0.1, 0.15) is 12.8 Å². The fraction of sp³-hybridized carbons (Fsp3) is 1.00. The van der Waals surface area contributed by atoms with E-state index < -0.39 is 10.0 Å². The Balaban J connectivity index is 2.83. The lowest BCUT2D eigenvalue weighted by molar-refractivity contribution is 0.194. The Hall–Kier alpha value is 0.400. The molecule has 0 rings (SSSR count). The van der Waals surface area contributed by atoms with E-state index >= 15 is 0 Å². The molecule has 0 bridgehead atoms. The Kier molecular flexibility index (Phi) is 6.81. The van der Waals surface area contributed by atoms with Crippen LogP contribution in [-0.2, 0) is 14.7 Å². The Bertz CT molecular complexity index is 87.0. The monoisotopic (exact) mass is 170 g/mol. The molecule has 1 atom stereocenters. The molecule has 0 aliphatic rings. The molecule has 0 aliphatic heterocycles. The van der Waals surface area contributed by atoms with Gasteiger partial charge in [0.05, 0.1) is 0 Å². The maximum Gasteiger partial charge on any atom is 0.114 e. The lowest BCUT2D eigenvalue weighted by atomic mass is 10.4. The molecular formula is C5H11ClO2S. The largest absolute Gasteiger partial charge is 0.385 e. The summed E-state index contributed by atoms with van der Waals surface area (Å²) in [6.45, 7) is 0.730. The lowest BCUT2D eigenvalue weighted by Crippen LogP contribution is -1.93. The van der Waals surface area contributed by atoms with Crippen molar-refractivity contribution < 1.29 is 8.95 Å². The van der Waals surface area contributed by atoms with Gasteiger partial charge in [0.25, 0.3) is 0 Å². The predicted octanol–water partition coefficient (Wildman–Crippen LogP) is 1.32. The van der Waals surface area contributed by atoms with Crippen molar-refractivity contribution in [2.24, 2.45) is 0 Å². The number of ether oxygens (including phenoxy) is 1. The third kappa shape index (κ3) is 8.40. The van der Waals surface area contributed by atoms with Gasteiger partial charge < -0.3 is 4.74 Å². The van der Waals surface area contributed by atoms with E-state index in [4.69, 9.17) is 15.4 Å². The van der Waals surface area contributed by atoms with Crippen molar-refractivity contribution in [3.05, 3.63) is 0 Å². The fourth-order valence-electron chi connectivity index (χ4n) is 0.462. The van der Waals surface area contributed by atoms with Crippen molar-refractivity contribution in [1.82, 2.24) is 0 Å². The van der Waals surface area contributed by atoms with Gasteiger partial charge in [-0.2, -0.15) is 0 Å². The molecule has 4 heteroatoms. The third-order valence-corrected chi connectivity index (χ3v) is 1.98. The van der Waals surface area contributed by atoms with Crippen LogP contribution >= 0.6 is 10.7 Å². The highest BCUT2D eigenvalue weighted by molar-refractivity contribution is 8.08. The van der Waals surface area contributed by atoms with Gasteiger partial charge in [0.1, 0.15) is 10.0 Å². The minimum atomic E-state index is -1.15. The Labute approximate surface area is 62.5 Å². The molecule has 0 aromatic rings. The summed E-state index contributed by atoms with van der Waals surface area (Å²) in [6, 6.07) is 0. The van der Waals surface area contributed by atoms with E-state index in [9.17, 15) is 4.21 Å². The number of rotatable bonds is 5. The maximum absolute atomic E-state index is 10.2. The summed E-state index contributed by atoms with van der Waals surface area (Å²) in [5.74, 6) is 0.574. The summed E-state index contributed by atoms with van der Waals surface area (Å²) in [4.78, 5) is 0. The molecule has 0 saturated heterocycles. The van der Waals surface area contributed by atoms with Crippen LogP contribution in [0.5, 0.6) is 0 Å². The average molecular weight is 171 g/mol. The number of methoxy groups -OCH3 is 1. The van der Waals surface area contributed by atoms with Crippen LogP contribution < -0.4 is 0 Å². The average Bonchev–Trinajstić information content (AvgIpc) is 1.80. The number of unbranched alkanes of at least 4 members (excludes halogenated alkanes) is 1. The van der Waals surface area contributed by atoms with Crippen LogP contribution in [0.3, 0.4) is 0 Å². The minimum absolute atomic E-state index is 0.574. The van der Waals surface area contributed by atoms with Crippen molar-refractivity contribution in [2.75, 3.05) is 19.5 Å². The van der Waals surface area contributed by atoms with Crippen LogP contribution in [0.4, 0.5) is 0 Å². The Morgan fingerprint density at radius 3 is 2.67 bits per heavy atom. The molecule has 0 amide bonds. The summed E-state index contributed by atoms with van der Waals surface area (Å²) in [5, 5.41) is 0. The van der Waals surface area contributed by atoms with E-state index in [2.05, 4.69) is 0 Å². The topological polar surface area (TPSA) is 26.3 Å². The highest BCUT2D eigenvalue weighted by atomic mass is 35.7. The quantitative estimate of drug-likeness (QED) is 0.460. The molecule has 0 N–H and O–H groups in total. The standard InChI is InChI=1S/C5H11ClO2S/c1-8-4-2-3-5-9(6)7/h2-5H2,1H3. The van der Waals surface area contributed by atoms with Crippen molar-refractivity contribution in [3.63, 3.8) is 0 Å². The predicted molar refractivity (Wildman–Crippen MR) is 40.0 cm³/mol. The molecule has 9 heavy (non-hydrogen) atoms. The van der Waals surface area contributed by atoms with Gasteiger partial charge in [-0.3, -0.25) is 0 Å². The van der Waals surface area contributed by atoms with Crippen LogP contribution in [0.25, 0.3) is 0 Å². The highest BCUT2D eigenvalue weighted by Gasteiger charge is 1.92. The molecule has 0 aliphatic carbocycles. The van der Waals surface area contributed by atoms with Gasteiger partial charge in [-0.05, 0) is 23.5 Å². The van der Waals surface area contributed by atoms with Gasteiger partial charge in [0, 0.05) is 19.5 Å². The van der Waals surface area contributed by atoms with Crippen molar-refractivity contribution >= 4 is 20.7 Å². The normalized spacial score (nSPS) is 13.6. The van der Waals surface area contributed by atoms with Gasteiger partial charge in [-0.1, -0.05) is 0 Å². The zero-order valence-electron chi connectivity index (χ0n) is 5.43. The van der Waals surface area contributed by atoms with E-state index in [1.54, 1.807) is 7.11 Å². The number of hydrogen-bond acceptors (Lipinski definition) is 2. The molecule has 0 saturated carbocycles. The highest BCUT2D eigenvalue weighted by Crippen LogP contribution is 1.95. The van der Waals surface area contributed by atoms with E-state index in [-0.39, 0.29) is 0 Å².